The van der Waals surface area contributed by atoms with Crippen LogP contribution in [0.3, 0.4) is 0 Å². The van der Waals surface area contributed by atoms with Gasteiger partial charge in [-0.1, -0.05) is 23.2 Å². The van der Waals surface area contributed by atoms with E-state index in [-0.39, 0.29) is 21.4 Å². The number of carbonyl (C=O) groups is 1. The summed E-state index contributed by atoms with van der Waals surface area (Å²) in [5.41, 5.74) is 0.149. The second-order valence-electron chi connectivity index (χ2n) is 3.87. The van der Waals surface area contributed by atoms with Gasteiger partial charge in [0.05, 0.1) is 31.9 Å². The Morgan fingerprint density at radius 2 is 2.05 bits per heavy atom. The van der Waals surface area contributed by atoms with Gasteiger partial charge in [-0.3, -0.25) is 14.9 Å². The minimum absolute atomic E-state index is 0.00283. The van der Waals surface area contributed by atoms with Crippen LogP contribution in [0.2, 0.25) is 10.2 Å². The van der Waals surface area contributed by atoms with E-state index in [4.69, 9.17) is 23.2 Å². The topological polar surface area (TPSA) is 85.1 Å². The molecule has 0 saturated carbocycles. The van der Waals surface area contributed by atoms with Gasteiger partial charge >= 0.3 is 0 Å². The number of nitro benzene ring substituents is 1. The number of hydrogen-bond acceptors (Lipinski definition) is 4. The third-order valence-corrected chi connectivity index (χ3v) is 3.92. The highest BCUT2D eigenvalue weighted by Crippen LogP contribution is 2.25. The van der Waals surface area contributed by atoms with Crippen LogP contribution in [0.1, 0.15) is 10.4 Å². The number of rotatable bonds is 3. The van der Waals surface area contributed by atoms with Gasteiger partial charge < -0.3 is 5.32 Å². The number of benzene rings is 1. The van der Waals surface area contributed by atoms with Crippen molar-refractivity contribution in [3.8, 4) is 0 Å². The van der Waals surface area contributed by atoms with Crippen LogP contribution in [-0.4, -0.2) is 15.8 Å². The van der Waals surface area contributed by atoms with E-state index in [2.05, 4.69) is 26.2 Å². The third kappa shape index (κ3) is 3.69. The van der Waals surface area contributed by atoms with Crippen molar-refractivity contribution in [3.05, 3.63) is 60.8 Å². The molecule has 108 valence electrons. The quantitative estimate of drug-likeness (QED) is 0.480. The number of anilines is 1. The smallest absolute Gasteiger partial charge is 0.270 e. The number of nitro groups is 1. The van der Waals surface area contributed by atoms with E-state index in [1.807, 2.05) is 0 Å². The maximum Gasteiger partial charge on any atom is 0.270 e. The Bertz CT molecular complexity index is 740. The van der Waals surface area contributed by atoms with Crippen LogP contribution in [0.25, 0.3) is 0 Å². The van der Waals surface area contributed by atoms with E-state index >= 15 is 0 Å². The molecule has 0 bridgehead atoms. The highest BCUT2D eigenvalue weighted by molar-refractivity contribution is 9.10. The van der Waals surface area contributed by atoms with Gasteiger partial charge in [0.2, 0.25) is 0 Å². The van der Waals surface area contributed by atoms with Gasteiger partial charge in [-0.2, -0.15) is 0 Å². The van der Waals surface area contributed by atoms with E-state index in [0.29, 0.717) is 10.2 Å². The molecule has 2 rings (SSSR count). The largest absolute Gasteiger partial charge is 0.321 e. The van der Waals surface area contributed by atoms with Crippen LogP contribution in [0.5, 0.6) is 0 Å². The van der Waals surface area contributed by atoms with Crippen molar-refractivity contribution >= 4 is 56.4 Å². The number of nitrogens with one attached hydrogen (secondary N) is 1. The summed E-state index contributed by atoms with van der Waals surface area (Å²) in [7, 11) is 0. The predicted molar refractivity (Wildman–Crippen MR) is 83.0 cm³/mol. The molecule has 1 aromatic carbocycles. The molecule has 2 aromatic rings. The van der Waals surface area contributed by atoms with Crippen molar-refractivity contribution in [2.75, 3.05) is 5.32 Å². The zero-order valence-electron chi connectivity index (χ0n) is 10.1. The molecule has 0 unspecified atom stereocenters. The van der Waals surface area contributed by atoms with Crippen molar-refractivity contribution in [2.45, 2.75) is 0 Å². The summed E-state index contributed by atoms with van der Waals surface area (Å²) >= 11 is 14.8. The van der Waals surface area contributed by atoms with Gasteiger partial charge in [-0.25, -0.2) is 4.98 Å². The number of carbonyl (C=O) groups excluding carboxylic acids is 1. The second-order valence-corrected chi connectivity index (χ2v) is 5.49. The lowest BCUT2D eigenvalue weighted by molar-refractivity contribution is -0.384. The number of pyridine rings is 1. The van der Waals surface area contributed by atoms with E-state index in [1.165, 1.54) is 18.3 Å². The Morgan fingerprint density at radius 3 is 2.67 bits per heavy atom. The Hall–Kier alpha value is -1.70. The number of aromatic nitrogens is 1. The Kier molecular flexibility index (Phi) is 4.76. The normalized spacial score (nSPS) is 10.2. The average Bonchev–Trinajstić information content (AvgIpc) is 2.43. The Balaban J connectivity index is 2.29. The van der Waals surface area contributed by atoms with Gasteiger partial charge in [0.15, 0.2) is 0 Å². The molecule has 1 N–H and O–H groups in total. The minimum atomic E-state index is -0.604. The van der Waals surface area contributed by atoms with E-state index in [0.717, 1.165) is 6.07 Å². The fraction of sp³-hybridized carbons (Fsp3) is 0. The summed E-state index contributed by atoms with van der Waals surface area (Å²) in [5.74, 6) is -0.584. The van der Waals surface area contributed by atoms with E-state index in [1.54, 1.807) is 6.07 Å². The highest BCUT2D eigenvalue weighted by atomic mass is 79.9. The zero-order chi connectivity index (χ0) is 15.6. The van der Waals surface area contributed by atoms with Gasteiger partial charge in [-0.15, -0.1) is 0 Å². The van der Waals surface area contributed by atoms with Gasteiger partial charge in [0.25, 0.3) is 11.6 Å². The first kappa shape index (κ1) is 15.7. The predicted octanol–water partition coefficient (Wildman–Crippen LogP) is 4.31. The Morgan fingerprint density at radius 1 is 1.33 bits per heavy atom. The molecule has 9 heteroatoms. The molecule has 0 aliphatic heterocycles. The summed E-state index contributed by atoms with van der Waals surface area (Å²) in [4.78, 5) is 26.1. The average molecular weight is 391 g/mol. The molecule has 0 radical (unpaired) electrons. The molecule has 21 heavy (non-hydrogen) atoms. The molecule has 0 atom stereocenters. The summed E-state index contributed by atoms with van der Waals surface area (Å²) in [6, 6.07) is 5.18. The first-order chi connectivity index (χ1) is 9.88. The standard InChI is InChI=1S/C12H6BrCl2N3O3/c13-9-3-6(5-16-11(9)15)17-12(19)8-4-7(18(20)21)1-2-10(8)14/h1-5H,(H,17,19). The molecule has 0 aliphatic rings. The molecule has 1 amide bonds. The fourth-order valence-corrected chi connectivity index (χ4v) is 2.14. The molecule has 0 saturated heterocycles. The number of hydrogen-bond donors (Lipinski definition) is 1. The maximum absolute atomic E-state index is 12.1. The fourth-order valence-electron chi connectivity index (χ4n) is 1.49. The van der Waals surface area contributed by atoms with Crippen molar-refractivity contribution < 1.29 is 9.72 Å². The van der Waals surface area contributed by atoms with Crippen molar-refractivity contribution in [1.82, 2.24) is 4.98 Å². The maximum atomic E-state index is 12.1. The van der Waals surface area contributed by atoms with E-state index in [9.17, 15) is 14.9 Å². The van der Waals surface area contributed by atoms with Crippen LogP contribution < -0.4 is 5.32 Å². The lowest BCUT2D eigenvalue weighted by Crippen LogP contribution is -2.13. The molecule has 0 aliphatic carbocycles. The Labute approximate surface area is 137 Å². The summed E-state index contributed by atoms with van der Waals surface area (Å²) < 4.78 is 0.507. The minimum Gasteiger partial charge on any atom is -0.321 e. The molecule has 0 fully saturated rings. The lowest BCUT2D eigenvalue weighted by Gasteiger charge is -2.07. The van der Waals surface area contributed by atoms with Crippen LogP contribution in [0, 0.1) is 10.1 Å². The summed E-state index contributed by atoms with van der Waals surface area (Å²) in [5, 5.41) is 13.6. The number of nitrogens with zero attached hydrogens (tertiary/aromatic N) is 2. The van der Waals surface area contributed by atoms with Crippen LogP contribution >= 0.6 is 39.1 Å². The monoisotopic (exact) mass is 389 g/mol. The zero-order valence-corrected chi connectivity index (χ0v) is 13.2. The third-order valence-electron chi connectivity index (χ3n) is 2.46. The van der Waals surface area contributed by atoms with Crippen LogP contribution in [0.15, 0.2) is 34.9 Å². The second kappa shape index (κ2) is 6.38. The highest BCUT2D eigenvalue weighted by Gasteiger charge is 2.16. The molecular weight excluding hydrogens is 385 g/mol. The van der Waals surface area contributed by atoms with E-state index < -0.39 is 10.8 Å². The van der Waals surface area contributed by atoms with Crippen LogP contribution in [-0.2, 0) is 0 Å². The van der Waals surface area contributed by atoms with Crippen molar-refractivity contribution in [1.29, 1.82) is 0 Å². The first-order valence-electron chi connectivity index (χ1n) is 5.45. The van der Waals surface area contributed by atoms with Crippen molar-refractivity contribution in [2.24, 2.45) is 0 Å². The van der Waals surface area contributed by atoms with Gasteiger partial charge in [0, 0.05) is 12.1 Å². The number of non-ortho nitro benzene ring substituents is 1. The first-order valence-corrected chi connectivity index (χ1v) is 6.99. The molecular formula is C12H6BrCl2N3O3. The van der Waals surface area contributed by atoms with Crippen LogP contribution in [0.4, 0.5) is 11.4 Å². The SMILES string of the molecule is O=C(Nc1cnc(Cl)c(Br)c1)c1cc([N+](=O)[O-])ccc1Cl. The molecule has 6 nitrogen and oxygen atoms in total. The molecule has 1 aromatic heterocycles. The molecule has 0 spiro atoms. The van der Waals surface area contributed by atoms with Crippen molar-refractivity contribution in [3.63, 3.8) is 0 Å². The lowest BCUT2D eigenvalue weighted by atomic mass is 10.2. The number of amides is 1. The van der Waals surface area contributed by atoms with Gasteiger partial charge in [-0.05, 0) is 28.1 Å². The summed E-state index contributed by atoms with van der Waals surface area (Å²) in [6.07, 6.45) is 1.36. The molecule has 1 heterocycles. The number of halogens is 3. The van der Waals surface area contributed by atoms with Gasteiger partial charge in [0.1, 0.15) is 5.15 Å². The summed E-state index contributed by atoms with van der Waals surface area (Å²) in [6.45, 7) is 0.